The van der Waals surface area contributed by atoms with Gasteiger partial charge >= 0.3 is 5.97 Å². The number of thiazole rings is 1. The predicted octanol–water partition coefficient (Wildman–Crippen LogP) is 2.80. The summed E-state index contributed by atoms with van der Waals surface area (Å²) in [5.41, 5.74) is 1.77. The monoisotopic (exact) mass is 290 g/mol. The number of methoxy groups -OCH3 is 1. The molecule has 0 atom stereocenters. The van der Waals surface area contributed by atoms with Gasteiger partial charge in [-0.3, -0.25) is 4.79 Å². The highest BCUT2D eigenvalue weighted by atomic mass is 32.1. The number of hydrogen-bond acceptors (Lipinski definition) is 5. The van der Waals surface area contributed by atoms with Crippen LogP contribution in [-0.4, -0.2) is 24.0 Å². The van der Waals surface area contributed by atoms with E-state index < -0.39 is 5.97 Å². The summed E-state index contributed by atoms with van der Waals surface area (Å²) in [7, 11) is 1.31. The van der Waals surface area contributed by atoms with Gasteiger partial charge in [0.1, 0.15) is 0 Å². The molecule has 0 aliphatic carbocycles. The highest BCUT2D eigenvalue weighted by Crippen LogP contribution is 2.18. The molecule has 0 radical (unpaired) electrons. The van der Waals surface area contributed by atoms with Crippen molar-refractivity contribution < 1.29 is 14.3 Å². The lowest BCUT2D eigenvalue weighted by molar-refractivity contribution is 0.0600. The third kappa shape index (κ3) is 3.03. The van der Waals surface area contributed by atoms with E-state index in [0.717, 1.165) is 10.6 Å². The smallest absolute Gasteiger partial charge is 0.337 e. The van der Waals surface area contributed by atoms with Crippen LogP contribution >= 0.6 is 11.3 Å². The van der Waals surface area contributed by atoms with Crippen molar-refractivity contribution >= 4 is 28.9 Å². The van der Waals surface area contributed by atoms with Gasteiger partial charge < -0.3 is 10.1 Å². The van der Waals surface area contributed by atoms with E-state index >= 15 is 0 Å². The predicted molar refractivity (Wildman–Crippen MR) is 77.3 cm³/mol. The first kappa shape index (κ1) is 14.2. The lowest BCUT2D eigenvalue weighted by atomic mass is 10.2. The molecule has 0 bridgehead atoms. The van der Waals surface area contributed by atoms with E-state index in [-0.39, 0.29) is 5.91 Å². The zero-order chi connectivity index (χ0) is 14.7. The number of nitrogens with one attached hydrogen (secondary N) is 1. The van der Waals surface area contributed by atoms with Crippen molar-refractivity contribution in [3.63, 3.8) is 0 Å². The van der Waals surface area contributed by atoms with Crippen LogP contribution in [0.25, 0.3) is 0 Å². The maximum Gasteiger partial charge on any atom is 0.337 e. The number of aryl methyl sites for hydroxylation is 2. The number of amides is 1. The Bertz CT molecular complexity index is 645. The van der Waals surface area contributed by atoms with Crippen LogP contribution in [0.3, 0.4) is 0 Å². The van der Waals surface area contributed by atoms with E-state index in [4.69, 9.17) is 0 Å². The lowest BCUT2D eigenvalue weighted by Crippen LogP contribution is -2.12. The molecule has 6 heteroatoms. The van der Waals surface area contributed by atoms with Gasteiger partial charge in [0.05, 0.1) is 18.4 Å². The molecule has 1 heterocycles. The standard InChI is InChI=1S/C14H14N2O3S/c1-8-9(2)20-13(15-8)12(17)16-11-6-4-5-10(7-11)14(18)19-3/h4-7H,1-3H3,(H,16,17). The quantitative estimate of drug-likeness (QED) is 0.883. The average Bonchev–Trinajstić information content (AvgIpc) is 2.78. The highest BCUT2D eigenvalue weighted by Gasteiger charge is 2.13. The Kier molecular flexibility index (Phi) is 4.14. The molecular weight excluding hydrogens is 276 g/mol. The number of rotatable bonds is 3. The minimum absolute atomic E-state index is 0.284. The number of carbonyl (C=O) groups excluding carboxylic acids is 2. The number of anilines is 1. The molecule has 2 rings (SSSR count). The average molecular weight is 290 g/mol. The molecule has 0 fully saturated rings. The van der Waals surface area contributed by atoms with E-state index in [1.54, 1.807) is 24.3 Å². The van der Waals surface area contributed by atoms with Crippen LogP contribution in [0.2, 0.25) is 0 Å². The summed E-state index contributed by atoms with van der Waals surface area (Å²) in [6.45, 7) is 3.78. The van der Waals surface area contributed by atoms with Gasteiger partial charge in [0, 0.05) is 10.6 Å². The van der Waals surface area contributed by atoms with E-state index in [2.05, 4.69) is 15.0 Å². The van der Waals surface area contributed by atoms with Gasteiger partial charge in [0.2, 0.25) is 0 Å². The van der Waals surface area contributed by atoms with Crippen molar-refractivity contribution in [3.05, 3.63) is 45.4 Å². The van der Waals surface area contributed by atoms with Gasteiger partial charge in [-0.2, -0.15) is 0 Å². The van der Waals surface area contributed by atoms with Gasteiger partial charge in [-0.15, -0.1) is 11.3 Å². The van der Waals surface area contributed by atoms with Crippen molar-refractivity contribution in [2.75, 3.05) is 12.4 Å². The van der Waals surface area contributed by atoms with E-state index in [0.29, 0.717) is 16.3 Å². The van der Waals surface area contributed by atoms with Gasteiger partial charge in [-0.1, -0.05) is 6.07 Å². The second-order valence-electron chi connectivity index (χ2n) is 4.19. The van der Waals surface area contributed by atoms with Crippen LogP contribution in [0.1, 0.15) is 30.7 Å². The number of nitrogens with zero attached hydrogens (tertiary/aromatic N) is 1. The summed E-state index contributed by atoms with van der Waals surface area (Å²) in [6, 6.07) is 6.58. The van der Waals surface area contributed by atoms with Gasteiger partial charge in [0.15, 0.2) is 5.01 Å². The number of hydrogen-bond donors (Lipinski definition) is 1. The van der Waals surface area contributed by atoms with Gasteiger partial charge in [-0.05, 0) is 32.0 Å². The second-order valence-corrected chi connectivity index (χ2v) is 5.39. The zero-order valence-electron chi connectivity index (χ0n) is 11.4. The fourth-order valence-corrected chi connectivity index (χ4v) is 2.41. The molecule has 20 heavy (non-hydrogen) atoms. The number of ether oxygens (including phenoxy) is 1. The van der Waals surface area contributed by atoms with Crippen molar-refractivity contribution in [2.45, 2.75) is 13.8 Å². The van der Waals surface area contributed by atoms with E-state index in [1.165, 1.54) is 18.4 Å². The minimum Gasteiger partial charge on any atom is -0.465 e. The van der Waals surface area contributed by atoms with Crippen molar-refractivity contribution in [1.82, 2.24) is 4.98 Å². The highest BCUT2D eigenvalue weighted by molar-refractivity contribution is 7.13. The van der Waals surface area contributed by atoms with E-state index in [9.17, 15) is 9.59 Å². The van der Waals surface area contributed by atoms with Crippen molar-refractivity contribution in [1.29, 1.82) is 0 Å². The third-order valence-corrected chi connectivity index (χ3v) is 3.84. The molecule has 0 aliphatic heterocycles. The molecule has 0 spiro atoms. The third-order valence-electron chi connectivity index (χ3n) is 2.76. The number of benzene rings is 1. The fourth-order valence-electron chi connectivity index (χ4n) is 1.60. The molecule has 1 amide bonds. The number of esters is 1. The summed E-state index contributed by atoms with van der Waals surface area (Å²) in [6.07, 6.45) is 0. The normalized spacial score (nSPS) is 10.2. The number of aromatic nitrogens is 1. The maximum atomic E-state index is 12.1. The van der Waals surface area contributed by atoms with Crippen molar-refractivity contribution in [2.24, 2.45) is 0 Å². The summed E-state index contributed by atoms with van der Waals surface area (Å²) in [4.78, 5) is 28.7. The summed E-state index contributed by atoms with van der Waals surface area (Å²) in [5.74, 6) is -0.727. The molecule has 1 N–H and O–H groups in total. The first-order valence-corrected chi connectivity index (χ1v) is 6.76. The van der Waals surface area contributed by atoms with Gasteiger partial charge in [-0.25, -0.2) is 9.78 Å². The largest absolute Gasteiger partial charge is 0.465 e. The van der Waals surface area contributed by atoms with Crippen LogP contribution in [0.4, 0.5) is 5.69 Å². The molecule has 0 saturated heterocycles. The Hall–Kier alpha value is -2.21. The van der Waals surface area contributed by atoms with Crippen molar-refractivity contribution in [3.8, 4) is 0 Å². The molecule has 5 nitrogen and oxygen atoms in total. The fraction of sp³-hybridized carbons (Fsp3) is 0.214. The Morgan fingerprint density at radius 2 is 2.05 bits per heavy atom. The summed E-state index contributed by atoms with van der Waals surface area (Å²) < 4.78 is 4.64. The molecular formula is C14H14N2O3S. The Morgan fingerprint density at radius 1 is 1.30 bits per heavy atom. The van der Waals surface area contributed by atoms with Crippen LogP contribution in [0.15, 0.2) is 24.3 Å². The molecule has 0 unspecified atom stereocenters. The van der Waals surface area contributed by atoms with Crippen LogP contribution in [-0.2, 0) is 4.74 Å². The molecule has 2 aromatic rings. The minimum atomic E-state index is -0.443. The Labute approximate surface area is 120 Å². The van der Waals surface area contributed by atoms with Crippen LogP contribution in [0.5, 0.6) is 0 Å². The van der Waals surface area contributed by atoms with Gasteiger partial charge in [0.25, 0.3) is 5.91 Å². The molecule has 1 aromatic carbocycles. The Balaban J connectivity index is 2.17. The molecule has 0 saturated carbocycles. The first-order valence-electron chi connectivity index (χ1n) is 5.95. The Morgan fingerprint density at radius 3 is 2.65 bits per heavy atom. The summed E-state index contributed by atoms with van der Waals surface area (Å²) in [5, 5.41) is 3.13. The first-order chi connectivity index (χ1) is 9.51. The maximum absolute atomic E-state index is 12.1. The summed E-state index contributed by atoms with van der Waals surface area (Å²) >= 11 is 1.34. The molecule has 1 aromatic heterocycles. The topological polar surface area (TPSA) is 68.3 Å². The lowest BCUT2D eigenvalue weighted by Gasteiger charge is -2.05. The molecule has 104 valence electrons. The zero-order valence-corrected chi connectivity index (χ0v) is 12.2. The van der Waals surface area contributed by atoms with Crippen LogP contribution < -0.4 is 5.32 Å². The molecule has 0 aliphatic rings. The SMILES string of the molecule is COC(=O)c1cccc(NC(=O)c2nc(C)c(C)s2)c1. The van der Waals surface area contributed by atoms with Crippen LogP contribution in [0, 0.1) is 13.8 Å². The number of carbonyl (C=O) groups is 2. The second kappa shape index (κ2) is 5.83. The van der Waals surface area contributed by atoms with E-state index in [1.807, 2.05) is 13.8 Å².